The molecule has 1 atom stereocenters. The van der Waals surface area contributed by atoms with E-state index >= 15 is 0 Å². The van der Waals surface area contributed by atoms with Crippen molar-refractivity contribution < 1.29 is 14.0 Å². The van der Waals surface area contributed by atoms with Crippen LogP contribution in [0, 0.1) is 18.7 Å². The third-order valence-corrected chi connectivity index (χ3v) is 4.83. The monoisotopic (exact) mass is 378 g/mol. The average Bonchev–Trinajstić information content (AvgIpc) is 3.29. The van der Waals surface area contributed by atoms with Crippen LogP contribution in [0.5, 0.6) is 0 Å². The molecule has 2 aromatic rings. The number of pyridine rings is 1. The number of carbonyl (C=O) groups excluding carboxylic acids is 2. The number of hydrogen-bond acceptors (Lipinski definition) is 7. The third-order valence-electron chi connectivity index (χ3n) is 4.03. The van der Waals surface area contributed by atoms with Gasteiger partial charge in [0.1, 0.15) is 16.9 Å². The highest BCUT2D eigenvalue weighted by Crippen LogP contribution is 2.34. The van der Waals surface area contributed by atoms with E-state index in [0.717, 1.165) is 24.6 Å². The van der Waals surface area contributed by atoms with Crippen LogP contribution < -0.4 is 22.1 Å². The number of primary amides is 2. The quantitative estimate of drug-likeness (QED) is 0.554. The molecule has 6 N–H and O–H groups in total. The Balaban J connectivity index is 1.90. The first-order valence-corrected chi connectivity index (χ1v) is 8.87. The molecule has 138 valence electrons. The first kappa shape index (κ1) is 18.1. The summed E-state index contributed by atoms with van der Waals surface area (Å²) in [6, 6.07) is 2.01. The maximum atomic E-state index is 14.4. The Hall–Kier alpha value is -2.75. The lowest BCUT2D eigenvalue weighted by atomic mass is 10.1. The molecule has 3 rings (SSSR count). The van der Waals surface area contributed by atoms with Crippen molar-refractivity contribution in [3.8, 4) is 0 Å². The normalized spacial score (nSPS) is 14.7. The second-order valence-electron chi connectivity index (χ2n) is 6.32. The van der Waals surface area contributed by atoms with E-state index in [1.807, 2.05) is 6.92 Å². The molecule has 26 heavy (non-hydrogen) atoms. The Morgan fingerprint density at radius 1 is 1.35 bits per heavy atom. The van der Waals surface area contributed by atoms with Gasteiger partial charge in [-0.15, -0.1) is 0 Å². The topological polar surface area (TPSA) is 136 Å². The molecule has 8 nitrogen and oxygen atoms in total. The van der Waals surface area contributed by atoms with E-state index in [1.54, 1.807) is 6.07 Å². The van der Waals surface area contributed by atoms with Crippen LogP contribution in [0.3, 0.4) is 0 Å². The summed E-state index contributed by atoms with van der Waals surface area (Å²) in [4.78, 5) is 27.4. The molecule has 10 heteroatoms. The molecule has 1 fully saturated rings. The van der Waals surface area contributed by atoms with E-state index in [2.05, 4.69) is 20.0 Å². The Morgan fingerprint density at radius 3 is 2.62 bits per heavy atom. The highest BCUT2D eigenvalue weighted by atomic mass is 32.1. The van der Waals surface area contributed by atoms with Gasteiger partial charge in [-0.05, 0) is 42.9 Å². The molecule has 0 aliphatic heterocycles. The summed E-state index contributed by atoms with van der Waals surface area (Å²) in [5, 5.41) is 6.29. The van der Waals surface area contributed by atoms with Crippen molar-refractivity contribution in [3.05, 3.63) is 29.2 Å². The molecule has 2 aromatic heterocycles. The molecular weight excluding hydrogens is 359 g/mol. The van der Waals surface area contributed by atoms with Crippen LogP contribution in [0.2, 0.25) is 0 Å². The molecule has 0 saturated heterocycles. The van der Waals surface area contributed by atoms with Gasteiger partial charge in [0.15, 0.2) is 11.6 Å². The summed E-state index contributed by atoms with van der Waals surface area (Å²) >= 11 is 1.17. The van der Waals surface area contributed by atoms with Crippen molar-refractivity contribution in [3.63, 3.8) is 0 Å². The fraction of sp³-hybridized carbons (Fsp3) is 0.375. The Bertz CT molecular complexity index is 851. The predicted octanol–water partition coefficient (Wildman–Crippen LogP) is 1.89. The zero-order valence-electron chi connectivity index (χ0n) is 14.1. The fourth-order valence-electron chi connectivity index (χ4n) is 2.51. The van der Waals surface area contributed by atoms with Crippen LogP contribution >= 0.6 is 11.5 Å². The predicted molar refractivity (Wildman–Crippen MR) is 96.8 cm³/mol. The molecule has 1 aliphatic carbocycles. The number of anilines is 3. The number of aryl methyl sites for hydroxylation is 1. The van der Waals surface area contributed by atoms with Crippen LogP contribution in [0.1, 0.15) is 35.3 Å². The largest absolute Gasteiger partial charge is 0.368 e. The number of hydrogen-bond donors (Lipinski definition) is 4. The summed E-state index contributed by atoms with van der Waals surface area (Å²) < 4.78 is 18.5. The maximum Gasteiger partial charge on any atom is 0.252 e. The minimum atomic E-state index is -0.823. The van der Waals surface area contributed by atoms with Crippen molar-refractivity contribution in [2.45, 2.75) is 32.2 Å². The number of halogens is 1. The molecule has 2 amide bonds. The summed E-state index contributed by atoms with van der Waals surface area (Å²) in [6.45, 7) is 1.82. The van der Waals surface area contributed by atoms with Crippen molar-refractivity contribution in [2.75, 3.05) is 10.6 Å². The van der Waals surface area contributed by atoms with Gasteiger partial charge in [-0.3, -0.25) is 9.59 Å². The van der Waals surface area contributed by atoms with Crippen molar-refractivity contribution >= 4 is 40.0 Å². The number of aromatic nitrogens is 2. The zero-order valence-corrected chi connectivity index (χ0v) is 14.9. The standard InChI is InChI=1S/C16H19FN6O2S/c1-7-4-12(26-23-7)21-15-9(13(18)24)6-10(17)16(22-15)20-11(14(19)25)5-8-2-3-8/h4,6,8,11H,2-3,5H2,1H3,(H2,18,24)(H2,19,25)(H2,20,21,22)/t11-/m1/s1. The van der Waals surface area contributed by atoms with E-state index < -0.39 is 23.7 Å². The van der Waals surface area contributed by atoms with Gasteiger partial charge in [-0.1, -0.05) is 12.8 Å². The molecule has 0 spiro atoms. The molecule has 0 aromatic carbocycles. The Kier molecular flexibility index (Phi) is 5.03. The first-order chi connectivity index (χ1) is 12.3. The lowest BCUT2D eigenvalue weighted by molar-refractivity contribution is -0.118. The summed E-state index contributed by atoms with van der Waals surface area (Å²) in [5.41, 5.74) is 11.4. The summed E-state index contributed by atoms with van der Waals surface area (Å²) in [5.74, 6) is -1.86. The van der Waals surface area contributed by atoms with E-state index in [1.165, 1.54) is 11.5 Å². The Morgan fingerprint density at radius 2 is 2.08 bits per heavy atom. The number of nitrogens with two attached hydrogens (primary N) is 2. The number of carbonyl (C=O) groups is 2. The number of amides is 2. The van der Waals surface area contributed by atoms with Gasteiger partial charge in [0.05, 0.1) is 11.3 Å². The van der Waals surface area contributed by atoms with Gasteiger partial charge < -0.3 is 22.1 Å². The molecule has 2 heterocycles. The highest BCUT2D eigenvalue weighted by molar-refractivity contribution is 7.10. The minimum absolute atomic E-state index is 0.0830. The van der Waals surface area contributed by atoms with E-state index in [0.29, 0.717) is 17.3 Å². The molecule has 0 radical (unpaired) electrons. The molecule has 1 saturated carbocycles. The van der Waals surface area contributed by atoms with Gasteiger partial charge in [-0.25, -0.2) is 9.37 Å². The van der Waals surface area contributed by atoms with Crippen LogP contribution in [0.25, 0.3) is 0 Å². The number of rotatable bonds is 8. The second-order valence-corrected chi connectivity index (χ2v) is 7.12. The lowest BCUT2D eigenvalue weighted by Crippen LogP contribution is -2.36. The van der Waals surface area contributed by atoms with E-state index in [9.17, 15) is 14.0 Å². The van der Waals surface area contributed by atoms with Gasteiger partial charge in [0, 0.05) is 0 Å². The van der Waals surface area contributed by atoms with Crippen LogP contribution in [-0.4, -0.2) is 27.2 Å². The van der Waals surface area contributed by atoms with Gasteiger partial charge in [0.25, 0.3) is 5.91 Å². The number of nitrogens with zero attached hydrogens (tertiary/aromatic N) is 2. The van der Waals surface area contributed by atoms with Crippen molar-refractivity contribution in [1.82, 2.24) is 9.36 Å². The highest BCUT2D eigenvalue weighted by Gasteiger charge is 2.29. The van der Waals surface area contributed by atoms with Crippen molar-refractivity contribution in [2.24, 2.45) is 17.4 Å². The molecular formula is C16H19FN6O2S. The first-order valence-electron chi connectivity index (χ1n) is 8.10. The van der Waals surface area contributed by atoms with Crippen LogP contribution in [-0.2, 0) is 4.79 Å². The van der Waals surface area contributed by atoms with Crippen molar-refractivity contribution in [1.29, 1.82) is 0 Å². The van der Waals surface area contributed by atoms with Gasteiger partial charge in [-0.2, -0.15) is 4.37 Å². The lowest BCUT2D eigenvalue weighted by Gasteiger charge is -2.18. The third kappa shape index (κ3) is 4.26. The van der Waals surface area contributed by atoms with Crippen LogP contribution in [0.15, 0.2) is 12.1 Å². The second kappa shape index (κ2) is 7.24. The minimum Gasteiger partial charge on any atom is -0.368 e. The van der Waals surface area contributed by atoms with Gasteiger partial charge >= 0.3 is 0 Å². The smallest absolute Gasteiger partial charge is 0.252 e. The summed E-state index contributed by atoms with van der Waals surface area (Å²) in [7, 11) is 0. The fourth-order valence-corrected chi connectivity index (χ4v) is 3.17. The van der Waals surface area contributed by atoms with E-state index in [-0.39, 0.29) is 17.2 Å². The molecule has 0 unspecified atom stereocenters. The summed E-state index contributed by atoms with van der Waals surface area (Å²) in [6.07, 6.45) is 2.57. The molecule has 1 aliphatic rings. The van der Waals surface area contributed by atoms with Crippen LogP contribution in [0.4, 0.5) is 21.0 Å². The number of nitrogens with one attached hydrogen (secondary N) is 2. The molecule has 0 bridgehead atoms. The van der Waals surface area contributed by atoms with E-state index in [4.69, 9.17) is 11.5 Å². The zero-order chi connectivity index (χ0) is 18.8. The SMILES string of the molecule is Cc1cc(Nc2nc(N[C@H](CC3CC3)C(N)=O)c(F)cc2C(N)=O)sn1. The van der Waals surface area contributed by atoms with Gasteiger partial charge in [0.2, 0.25) is 5.91 Å². The Labute approximate surface area is 153 Å². The maximum absolute atomic E-state index is 14.4. The average molecular weight is 378 g/mol.